The van der Waals surface area contributed by atoms with E-state index in [1.54, 1.807) is 24.3 Å². The van der Waals surface area contributed by atoms with Crippen molar-refractivity contribution in [3.63, 3.8) is 0 Å². The number of aromatic hydroxyl groups is 1. The number of phenols is 1. The molecule has 0 saturated heterocycles. The van der Waals surface area contributed by atoms with Gasteiger partial charge in [0.15, 0.2) is 0 Å². The van der Waals surface area contributed by atoms with Crippen molar-refractivity contribution in [1.29, 1.82) is 0 Å². The normalized spacial score (nSPS) is 12.1. The minimum absolute atomic E-state index is 0.0158. The molecule has 1 aromatic rings. The summed E-state index contributed by atoms with van der Waals surface area (Å²) in [5.74, 6) is -0.0909. The first-order valence-corrected chi connectivity index (χ1v) is 12.7. The number of unbranched alkanes of at least 4 members (excludes halogenated alkanes) is 13. The van der Waals surface area contributed by atoms with Gasteiger partial charge in [0.05, 0.1) is 5.56 Å². The third-order valence-electron chi connectivity index (χ3n) is 5.89. The standard InChI is InChI=1S/C27H46O3/c1-3-5-7-9-11-12-13-15-17-19-26(18-16-14-10-8-6-4-2)30-27(29)24-20-22-25(28)23-21-24/h20-23,26,28H,3-19H2,1-2H3. The van der Waals surface area contributed by atoms with Crippen LogP contribution >= 0.6 is 0 Å². The van der Waals surface area contributed by atoms with Gasteiger partial charge in [0.1, 0.15) is 11.9 Å². The molecular formula is C27H46O3. The molecule has 3 nitrogen and oxygen atoms in total. The van der Waals surface area contributed by atoms with E-state index in [0.717, 1.165) is 25.7 Å². The van der Waals surface area contributed by atoms with Crippen molar-refractivity contribution < 1.29 is 14.6 Å². The minimum Gasteiger partial charge on any atom is -0.508 e. The Hall–Kier alpha value is -1.51. The van der Waals surface area contributed by atoms with Crippen LogP contribution in [0.1, 0.15) is 133 Å². The molecule has 0 aliphatic carbocycles. The molecule has 1 unspecified atom stereocenters. The summed E-state index contributed by atoms with van der Waals surface area (Å²) in [6.45, 7) is 4.50. The Kier molecular flexibility index (Phi) is 16.2. The highest BCUT2D eigenvalue weighted by Gasteiger charge is 2.16. The van der Waals surface area contributed by atoms with E-state index >= 15 is 0 Å². The van der Waals surface area contributed by atoms with Gasteiger partial charge in [-0.15, -0.1) is 0 Å². The summed E-state index contributed by atoms with van der Waals surface area (Å²) in [5, 5.41) is 9.42. The van der Waals surface area contributed by atoms with Crippen molar-refractivity contribution in [3.05, 3.63) is 29.8 Å². The van der Waals surface area contributed by atoms with Crippen LogP contribution in [0.15, 0.2) is 24.3 Å². The predicted molar refractivity (Wildman–Crippen MR) is 127 cm³/mol. The highest BCUT2D eigenvalue weighted by Crippen LogP contribution is 2.19. The maximum absolute atomic E-state index is 12.5. The topological polar surface area (TPSA) is 46.5 Å². The number of esters is 1. The second kappa shape index (κ2) is 18.3. The minimum atomic E-state index is -0.262. The van der Waals surface area contributed by atoms with Gasteiger partial charge in [-0.2, -0.15) is 0 Å². The van der Waals surface area contributed by atoms with Gasteiger partial charge in [-0.1, -0.05) is 97.3 Å². The van der Waals surface area contributed by atoms with E-state index in [-0.39, 0.29) is 17.8 Å². The fourth-order valence-electron chi connectivity index (χ4n) is 3.91. The fraction of sp³-hybridized carbons (Fsp3) is 0.741. The first-order valence-electron chi connectivity index (χ1n) is 12.7. The summed E-state index contributed by atoms with van der Waals surface area (Å²) in [4.78, 5) is 12.5. The van der Waals surface area contributed by atoms with Gasteiger partial charge in [0, 0.05) is 0 Å². The SMILES string of the molecule is CCCCCCCCCCCC(CCCCCCCC)OC(=O)c1ccc(O)cc1. The van der Waals surface area contributed by atoms with Crippen molar-refractivity contribution in [2.75, 3.05) is 0 Å². The zero-order valence-corrected chi connectivity index (χ0v) is 19.7. The molecule has 30 heavy (non-hydrogen) atoms. The number of carbonyl (C=O) groups is 1. The molecule has 0 spiro atoms. The van der Waals surface area contributed by atoms with Gasteiger partial charge in [0.2, 0.25) is 0 Å². The first-order chi connectivity index (χ1) is 14.7. The largest absolute Gasteiger partial charge is 0.508 e. The molecule has 0 amide bonds. The second-order valence-corrected chi connectivity index (χ2v) is 8.75. The average molecular weight is 419 g/mol. The molecule has 1 N–H and O–H groups in total. The molecule has 0 aromatic heterocycles. The van der Waals surface area contributed by atoms with Crippen LogP contribution < -0.4 is 0 Å². The molecule has 172 valence electrons. The third-order valence-corrected chi connectivity index (χ3v) is 5.89. The van der Waals surface area contributed by atoms with Gasteiger partial charge in [0.25, 0.3) is 0 Å². The predicted octanol–water partition coefficient (Wildman–Crippen LogP) is 8.59. The van der Waals surface area contributed by atoms with Crippen LogP contribution in [0.4, 0.5) is 0 Å². The van der Waals surface area contributed by atoms with E-state index in [0.29, 0.717) is 5.56 Å². The van der Waals surface area contributed by atoms with Crippen LogP contribution in [0.3, 0.4) is 0 Å². The lowest BCUT2D eigenvalue weighted by Crippen LogP contribution is -2.18. The highest BCUT2D eigenvalue weighted by atomic mass is 16.5. The van der Waals surface area contributed by atoms with E-state index in [1.807, 2.05) is 0 Å². The molecule has 0 saturated carbocycles. The van der Waals surface area contributed by atoms with Crippen LogP contribution in [0.5, 0.6) is 5.75 Å². The van der Waals surface area contributed by atoms with Crippen molar-refractivity contribution in [2.24, 2.45) is 0 Å². The lowest BCUT2D eigenvalue weighted by Gasteiger charge is -2.18. The number of phenolic OH excluding ortho intramolecular Hbond substituents is 1. The number of benzene rings is 1. The molecule has 0 radical (unpaired) electrons. The maximum Gasteiger partial charge on any atom is 0.338 e. The lowest BCUT2D eigenvalue weighted by molar-refractivity contribution is 0.0249. The summed E-state index contributed by atoms with van der Waals surface area (Å²) in [6, 6.07) is 6.36. The number of rotatable bonds is 19. The number of hydrogen-bond acceptors (Lipinski definition) is 3. The van der Waals surface area contributed by atoms with Crippen LogP contribution in [-0.2, 0) is 4.74 Å². The Morgan fingerprint density at radius 2 is 1.10 bits per heavy atom. The monoisotopic (exact) mass is 418 g/mol. The summed E-state index contributed by atoms with van der Waals surface area (Å²) in [5.41, 5.74) is 0.521. The zero-order valence-electron chi connectivity index (χ0n) is 19.7. The molecule has 1 atom stereocenters. The van der Waals surface area contributed by atoms with E-state index in [9.17, 15) is 9.90 Å². The Labute approximate surface area is 185 Å². The van der Waals surface area contributed by atoms with E-state index in [2.05, 4.69) is 13.8 Å². The van der Waals surface area contributed by atoms with Gasteiger partial charge in [-0.05, 0) is 49.9 Å². The maximum atomic E-state index is 12.5. The molecule has 1 aromatic carbocycles. The Bertz CT molecular complexity index is 523. The Morgan fingerprint density at radius 3 is 1.53 bits per heavy atom. The average Bonchev–Trinajstić information content (AvgIpc) is 2.75. The van der Waals surface area contributed by atoms with Crippen molar-refractivity contribution in [1.82, 2.24) is 0 Å². The highest BCUT2D eigenvalue weighted by molar-refractivity contribution is 5.89. The molecule has 1 rings (SSSR count). The third kappa shape index (κ3) is 13.7. The summed E-state index contributed by atoms with van der Waals surface area (Å²) >= 11 is 0. The van der Waals surface area contributed by atoms with Gasteiger partial charge in [-0.3, -0.25) is 0 Å². The van der Waals surface area contributed by atoms with Gasteiger partial charge < -0.3 is 9.84 Å². The summed E-state index contributed by atoms with van der Waals surface area (Å²) < 4.78 is 5.86. The molecule has 0 bridgehead atoms. The second-order valence-electron chi connectivity index (χ2n) is 8.75. The number of ether oxygens (including phenoxy) is 1. The van der Waals surface area contributed by atoms with Crippen molar-refractivity contribution >= 4 is 5.97 Å². The Balaban J connectivity index is 2.32. The zero-order chi connectivity index (χ0) is 21.9. The van der Waals surface area contributed by atoms with Crippen LogP contribution in [0.2, 0.25) is 0 Å². The molecular weight excluding hydrogens is 372 g/mol. The summed E-state index contributed by atoms with van der Waals surface area (Å²) in [6.07, 6.45) is 21.3. The van der Waals surface area contributed by atoms with E-state index in [1.165, 1.54) is 83.5 Å². The van der Waals surface area contributed by atoms with Crippen molar-refractivity contribution in [2.45, 2.75) is 129 Å². The van der Waals surface area contributed by atoms with Crippen LogP contribution in [0.25, 0.3) is 0 Å². The van der Waals surface area contributed by atoms with Crippen molar-refractivity contribution in [3.8, 4) is 5.75 Å². The smallest absolute Gasteiger partial charge is 0.338 e. The van der Waals surface area contributed by atoms with E-state index in [4.69, 9.17) is 4.74 Å². The summed E-state index contributed by atoms with van der Waals surface area (Å²) in [7, 11) is 0. The van der Waals surface area contributed by atoms with Gasteiger partial charge in [-0.25, -0.2) is 4.79 Å². The number of carbonyl (C=O) groups excluding carboxylic acids is 1. The number of hydrogen-bond donors (Lipinski definition) is 1. The quantitative estimate of drug-likeness (QED) is 0.181. The Morgan fingerprint density at radius 1 is 0.700 bits per heavy atom. The molecule has 0 heterocycles. The fourth-order valence-corrected chi connectivity index (χ4v) is 3.91. The van der Waals surface area contributed by atoms with Gasteiger partial charge >= 0.3 is 5.97 Å². The first kappa shape index (κ1) is 26.5. The van der Waals surface area contributed by atoms with E-state index < -0.39 is 0 Å². The molecule has 0 aliphatic heterocycles. The van der Waals surface area contributed by atoms with Crippen LogP contribution in [0, 0.1) is 0 Å². The molecule has 0 aliphatic rings. The van der Waals surface area contributed by atoms with Crippen LogP contribution in [-0.4, -0.2) is 17.2 Å². The molecule has 0 fully saturated rings. The lowest BCUT2D eigenvalue weighted by atomic mass is 10.0. The molecule has 3 heteroatoms.